The van der Waals surface area contributed by atoms with E-state index in [9.17, 15) is 4.79 Å². The minimum absolute atomic E-state index is 0.760. The Morgan fingerprint density at radius 1 is 1.35 bits per heavy atom. The second kappa shape index (κ2) is 5.60. The molecule has 2 heterocycles. The lowest BCUT2D eigenvalue weighted by Crippen LogP contribution is -2.46. The topological polar surface area (TPSA) is 36.4 Å². The third-order valence-corrected chi connectivity index (χ3v) is 4.25. The third-order valence-electron chi connectivity index (χ3n) is 3.11. The molecule has 0 spiro atoms. The molecular formula is C12H19N3OS. The van der Waals surface area contributed by atoms with Crippen LogP contribution < -0.4 is 4.90 Å². The fourth-order valence-electron chi connectivity index (χ4n) is 2.12. The normalized spacial score (nSPS) is 17.4. The molecule has 1 aliphatic heterocycles. The largest absolute Gasteiger partial charge is 0.346 e. The van der Waals surface area contributed by atoms with Crippen LogP contribution in [0, 0.1) is 6.92 Å². The summed E-state index contributed by atoms with van der Waals surface area (Å²) in [4.78, 5) is 20.8. The molecule has 1 aromatic rings. The molecule has 1 fully saturated rings. The summed E-state index contributed by atoms with van der Waals surface area (Å²) in [5.41, 5.74) is 0.857. The predicted octanol–water partition coefficient (Wildman–Crippen LogP) is 1.80. The van der Waals surface area contributed by atoms with Crippen molar-refractivity contribution in [2.45, 2.75) is 20.3 Å². The van der Waals surface area contributed by atoms with Crippen LogP contribution in [0.25, 0.3) is 0 Å². The van der Waals surface area contributed by atoms with Crippen molar-refractivity contribution in [1.29, 1.82) is 0 Å². The molecule has 0 radical (unpaired) electrons. The van der Waals surface area contributed by atoms with Gasteiger partial charge in [-0.1, -0.05) is 18.3 Å². The summed E-state index contributed by atoms with van der Waals surface area (Å²) < 4.78 is 0. The van der Waals surface area contributed by atoms with Crippen LogP contribution in [0.4, 0.5) is 5.13 Å². The monoisotopic (exact) mass is 253 g/mol. The maximum Gasteiger partial charge on any atom is 0.186 e. The molecule has 5 heteroatoms. The van der Waals surface area contributed by atoms with E-state index in [4.69, 9.17) is 0 Å². The Kier molecular flexibility index (Phi) is 4.12. The minimum atomic E-state index is 0.760. The number of anilines is 1. The van der Waals surface area contributed by atoms with Crippen LogP contribution in [0.2, 0.25) is 0 Å². The van der Waals surface area contributed by atoms with Crippen molar-refractivity contribution in [1.82, 2.24) is 9.88 Å². The van der Waals surface area contributed by atoms with Gasteiger partial charge >= 0.3 is 0 Å². The quantitative estimate of drug-likeness (QED) is 0.767. The number of rotatable bonds is 4. The third kappa shape index (κ3) is 2.84. The summed E-state index contributed by atoms with van der Waals surface area (Å²) in [5, 5.41) is 1.00. The zero-order valence-electron chi connectivity index (χ0n) is 10.5. The van der Waals surface area contributed by atoms with E-state index >= 15 is 0 Å². The van der Waals surface area contributed by atoms with Gasteiger partial charge < -0.3 is 4.90 Å². The summed E-state index contributed by atoms with van der Waals surface area (Å²) in [6, 6.07) is 0. The molecule has 0 saturated carbocycles. The number of hydrogen-bond acceptors (Lipinski definition) is 5. The van der Waals surface area contributed by atoms with Gasteiger partial charge in [-0.15, -0.1) is 0 Å². The molecule has 2 rings (SSSR count). The lowest BCUT2D eigenvalue weighted by molar-refractivity contribution is 0.112. The molecule has 0 aromatic carbocycles. The van der Waals surface area contributed by atoms with E-state index in [0.717, 1.165) is 48.2 Å². The molecule has 1 aliphatic rings. The smallest absolute Gasteiger partial charge is 0.186 e. The van der Waals surface area contributed by atoms with E-state index in [-0.39, 0.29) is 0 Å². The first-order valence-corrected chi connectivity index (χ1v) is 6.96. The van der Waals surface area contributed by atoms with Crippen molar-refractivity contribution < 1.29 is 4.79 Å². The molecule has 0 bridgehead atoms. The fourth-order valence-corrected chi connectivity index (χ4v) is 3.05. The molecule has 1 saturated heterocycles. The first kappa shape index (κ1) is 12.5. The number of aromatic nitrogens is 1. The van der Waals surface area contributed by atoms with Crippen molar-refractivity contribution in [3.63, 3.8) is 0 Å². The molecule has 0 unspecified atom stereocenters. The molecule has 0 atom stereocenters. The summed E-state index contributed by atoms with van der Waals surface area (Å²) in [6.45, 7) is 9.54. The van der Waals surface area contributed by atoms with Crippen molar-refractivity contribution >= 4 is 22.8 Å². The van der Waals surface area contributed by atoms with Crippen LogP contribution in [-0.2, 0) is 0 Å². The Bertz CT molecular complexity index is 383. The van der Waals surface area contributed by atoms with E-state index in [1.54, 1.807) is 0 Å². The number of carbonyl (C=O) groups excluding carboxylic acids is 1. The zero-order chi connectivity index (χ0) is 12.3. The van der Waals surface area contributed by atoms with Crippen molar-refractivity contribution in [3.05, 3.63) is 10.6 Å². The molecule has 0 N–H and O–H groups in total. The Hall–Kier alpha value is -0.940. The van der Waals surface area contributed by atoms with Crippen molar-refractivity contribution in [3.8, 4) is 0 Å². The summed E-state index contributed by atoms with van der Waals surface area (Å²) in [7, 11) is 0. The van der Waals surface area contributed by atoms with Crippen molar-refractivity contribution in [2.75, 3.05) is 37.6 Å². The first-order valence-electron chi connectivity index (χ1n) is 6.14. The van der Waals surface area contributed by atoms with Crippen LogP contribution in [0.5, 0.6) is 0 Å². The van der Waals surface area contributed by atoms with Crippen LogP contribution in [0.15, 0.2) is 0 Å². The number of nitrogens with zero attached hydrogens (tertiary/aromatic N) is 3. The van der Waals surface area contributed by atoms with Crippen LogP contribution in [-0.4, -0.2) is 48.9 Å². The highest BCUT2D eigenvalue weighted by Crippen LogP contribution is 2.25. The average molecular weight is 253 g/mol. The zero-order valence-corrected chi connectivity index (χ0v) is 11.3. The fraction of sp³-hybridized carbons (Fsp3) is 0.667. The lowest BCUT2D eigenvalue weighted by Gasteiger charge is -2.34. The summed E-state index contributed by atoms with van der Waals surface area (Å²) >= 11 is 1.51. The molecule has 0 amide bonds. The highest BCUT2D eigenvalue weighted by molar-refractivity contribution is 7.17. The molecule has 4 nitrogen and oxygen atoms in total. The Morgan fingerprint density at radius 3 is 2.59 bits per heavy atom. The highest BCUT2D eigenvalue weighted by atomic mass is 32.1. The second-order valence-corrected chi connectivity index (χ2v) is 5.40. The number of piperazine rings is 1. The maximum absolute atomic E-state index is 10.8. The number of carbonyl (C=O) groups is 1. The van der Waals surface area contributed by atoms with E-state index < -0.39 is 0 Å². The van der Waals surface area contributed by atoms with E-state index in [1.165, 1.54) is 24.3 Å². The minimum Gasteiger partial charge on any atom is -0.346 e. The van der Waals surface area contributed by atoms with E-state index in [2.05, 4.69) is 21.7 Å². The van der Waals surface area contributed by atoms with Crippen LogP contribution >= 0.6 is 11.3 Å². The van der Waals surface area contributed by atoms with Crippen LogP contribution in [0.1, 0.15) is 28.7 Å². The lowest BCUT2D eigenvalue weighted by atomic mass is 10.3. The van der Waals surface area contributed by atoms with E-state index in [1.807, 2.05) is 6.92 Å². The van der Waals surface area contributed by atoms with Gasteiger partial charge in [0, 0.05) is 26.2 Å². The van der Waals surface area contributed by atoms with Gasteiger partial charge in [0.05, 0.1) is 10.6 Å². The van der Waals surface area contributed by atoms with Gasteiger partial charge in [-0.2, -0.15) is 0 Å². The molecule has 1 aromatic heterocycles. The average Bonchev–Trinajstić information content (AvgIpc) is 2.72. The van der Waals surface area contributed by atoms with Gasteiger partial charge in [-0.05, 0) is 19.9 Å². The Morgan fingerprint density at radius 2 is 2.06 bits per heavy atom. The number of hydrogen-bond donors (Lipinski definition) is 0. The Labute approximate surface area is 106 Å². The highest BCUT2D eigenvalue weighted by Gasteiger charge is 2.19. The maximum atomic E-state index is 10.8. The van der Waals surface area contributed by atoms with Gasteiger partial charge in [0.25, 0.3) is 0 Å². The second-order valence-electron chi connectivity index (χ2n) is 4.39. The predicted molar refractivity (Wildman–Crippen MR) is 71.2 cm³/mol. The number of aldehydes is 1. The summed E-state index contributed by atoms with van der Waals surface area (Å²) in [6.07, 6.45) is 2.12. The van der Waals surface area contributed by atoms with Gasteiger partial charge in [0.15, 0.2) is 11.4 Å². The first-order chi connectivity index (χ1) is 8.24. The Balaban J connectivity index is 1.97. The van der Waals surface area contributed by atoms with Crippen LogP contribution in [0.3, 0.4) is 0 Å². The molecule has 17 heavy (non-hydrogen) atoms. The number of thiazole rings is 1. The molecule has 0 aliphatic carbocycles. The van der Waals surface area contributed by atoms with Gasteiger partial charge in [0.2, 0.25) is 0 Å². The van der Waals surface area contributed by atoms with Crippen molar-refractivity contribution in [2.24, 2.45) is 0 Å². The molecular weight excluding hydrogens is 234 g/mol. The van der Waals surface area contributed by atoms with Gasteiger partial charge in [0.1, 0.15) is 0 Å². The molecule has 94 valence electrons. The number of aryl methyl sites for hydroxylation is 1. The summed E-state index contributed by atoms with van der Waals surface area (Å²) in [5.74, 6) is 0. The standard InChI is InChI=1S/C12H19N3OS/c1-3-4-14-5-7-15(8-6-14)12-13-10(2)11(9-16)17-12/h9H,3-8H2,1-2H3. The van der Waals surface area contributed by atoms with E-state index in [0.29, 0.717) is 0 Å². The van der Waals surface area contributed by atoms with Gasteiger partial charge in [-0.25, -0.2) is 4.98 Å². The SMILES string of the molecule is CCCN1CCN(c2nc(C)c(C=O)s2)CC1. The van der Waals surface area contributed by atoms with Gasteiger partial charge in [-0.3, -0.25) is 9.69 Å².